The van der Waals surface area contributed by atoms with Gasteiger partial charge in [0.05, 0.1) is 11.4 Å². The van der Waals surface area contributed by atoms with Gasteiger partial charge >= 0.3 is 0 Å². The van der Waals surface area contributed by atoms with Gasteiger partial charge in [0.2, 0.25) is 0 Å². The Morgan fingerprint density at radius 2 is 1.55 bits per heavy atom. The minimum atomic E-state index is 1.09. The molecule has 0 unspecified atom stereocenters. The van der Waals surface area contributed by atoms with Crippen molar-refractivity contribution in [2.24, 2.45) is 0 Å². The highest BCUT2D eigenvalue weighted by molar-refractivity contribution is 5.71. The second-order valence-corrected chi connectivity index (χ2v) is 5.49. The number of benzene rings is 2. The molecule has 1 aliphatic heterocycles. The fraction of sp³-hybridized carbons (Fsp3) is 0.333. The van der Waals surface area contributed by atoms with E-state index >= 15 is 0 Å². The summed E-state index contributed by atoms with van der Waals surface area (Å²) in [7, 11) is 2.19. The third kappa shape index (κ3) is 2.79. The zero-order valence-electron chi connectivity index (χ0n) is 12.1. The Balaban J connectivity index is 1.77. The number of hydrogen-bond acceptors (Lipinski definition) is 2. The highest BCUT2D eigenvalue weighted by atomic mass is 15.2. The average Bonchev–Trinajstić information content (AvgIpc) is 2.66. The molecule has 0 atom stereocenters. The number of nitrogens with zero attached hydrogens (tertiary/aromatic N) is 2. The van der Waals surface area contributed by atoms with Crippen LogP contribution in [0.5, 0.6) is 0 Å². The van der Waals surface area contributed by atoms with Gasteiger partial charge in [-0.05, 0) is 30.5 Å². The van der Waals surface area contributed by atoms with Crippen LogP contribution < -0.4 is 9.80 Å². The van der Waals surface area contributed by atoms with Crippen LogP contribution in [0.25, 0.3) is 0 Å². The molecule has 0 saturated carbocycles. The topological polar surface area (TPSA) is 6.48 Å². The fourth-order valence-corrected chi connectivity index (χ4v) is 2.93. The molecule has 20 heavy (non-hydrogen) atoms. The first-order valence-electron chi connectivity index (χ1n) is 7.43. The van der Waals surface area contributed by atoms with E-state index in [-0.39, 0.29) is 0 Å². The van der Waals surface area contributed by atoms with E-state index in [0.717, 1.165) is 26.1 Å². The van der Waals surface area contributed by atoms with E-state index in [2.05, 4.69) is 71.4 Å². The number of fused-ring (bicyclic) bond motifs is 1. The number of para-hydroxylation sites is 2. The van der Waals surface area contributed by atoms with Crippen molar-refractivity contribution in [1.29, 1.82) is 0 Å². The number of hydrogen-bond donors (Lipinski definition) is 0. The summed E-state index contributed by atoms with van der Waals surface area (Å²) in [5.41, 5.74) is 4.16. The monoisotopic (exact) mass is 266 g/mol. The number of rotatable bonds is 3. The van der Waals surface area contributed by atoms with Crippen LogP contribution in [0.3, 0.4) is 0 Å². The largest absolute Gasteiger partial charge is 0.373 e. The summed E-state index contributed by atoms with van der Waals surface area (Å²) in [5.74, 6) is 0. The predicted molar refractivity (Wildman–Crippen MR) is 86.7 cm³/mol. The molecule has 0 aliphatic carbocycles. The predicted octanol–water partition coefficient (Wildman–Crippen LogP) is 3.58. The maximum Gasteiger partial charge on any atom is 0.0604 e. The molecule has 0 saturated heterocycles. The molecule has 0 spiro atoms. The quantitative estimate of drug-likeness (QED) is 0.838. The lowest BCUT2D eigenvalue weighted by atomic mass is 10.1. The van der Waals surface area contributed by atoms with Crippen LogP contribution in [0.15, 0.2) is 54.6 Å². The molecular weight excluding hydrogens is 244 g/mol. The average molecular weight is 266 g/mol. The van der Waals surface area contributed by atoms with E-state index in [1.807, 2.05) is 0 Å². The fourth-order valence-electron chi connectivity index (χ4n) is 2.93. The van der Waals surface area contributed by atoms with Gasteiger partial charge in [0, 0.05) is 26.7 Å². The smallest absolute Gasteiger partial charge is 0.0604 e. The van der Waals surface area contributed by atoms with Gasteiger partial charge < -0.3 is 9.80 Å². The lowest BCUT2D eigenvalue weighted by Gasteiger charge is -2.26. The zero-order valence-corrected chi connectivity index (χ0v) is 12.1. The Morgan fingerprint density at radius 3 is 2.35 bits per heavy atom. The molecule has 2 nitrogen and oxygen atoms in total. The van der Waals surface area contributed by atoms with Crippen molar-refractivity contribution in [2.75, 3.05) is 36.5 Å². The SMILES string of the molecule is CN1CCCN(CCc2ccccc2)c2ccccc21. The molecule has 2 aromatic carbocycles. The Morgan fingerprint density at radius 1 is 0.850 bits per heavy atom. The van der Waals surface area contributed by atoms with Crippen LogP contribution in [0, 0.1) is 0 Å². The van der Waals surface area contributed by atoms with E-state index in [1.165, 1.54) is 23.4 Å². The molecular formula is C18H22N2. The Bertz CT molecular complexity index is 550. The van der Waals surface area contributed by atoms with E-state index in [1.54, 1.807) is 0 Å². The van der Waals surface area contributed by atoms with Crippen LogP contribution in [-0.4, -0.2) is 26.7 Å². The molecule has 0 fully saturated rings. The van der Waals surface area contributed by atoms with Crippen molar-refractivity contribution in [3.05, 3.63) is 60.2 Å². The standard InChI is InChI=1S/C18H22N2/c1-19-13-7-14-20(18-11-6-5-10-17(18)19)15-12-16-8-3-2-4-9-16/h2-6,8-11H,7,12-15H2,1H3. The van der Waals surface area contributed by atoms with Gasteiger partial charge in [-0.3, -0.25) is 0 Å². The summed E-state index contributed by atoms with van der Waals surface area (Å²) in [6.45, 7) is 3.38. The first-order chi connectivity index (χ1) is 9.84. The molecule has 0 radical (unpaired) electrons. The van der Waals surface area contributed by atoms with Crippen LogP contribution in [0.2, 0.25) is 0 Å². The first kappa shape index (κ1) is 13.0. The van der Waals surface area contributed by atoms with Crippen LogP contribution in [0.1, 0.15) is 12.0 Å². The molecule has 1 heterocycles. The Hall–Kier alpha value is -1.96. The molecule has 104 valence electrons. The summed E-state index contributed by atoms with van der Waals surface area (Å²) in [5, 5.41) is 0. The van der Waals surface area contributed by atoms with Crippen LogP contribution >= 0.6 is 0 Å². The van der Waals surface area contributed by atoms with Crippen molar-refractivity contribution in [3.63, 3.8) is 0 Å². The van der Waals surface area contributed by atoms with E-state index < -0.39 is 0 Å². The summed E-state index contributed by atoms with van der Waals surface area (Å²) >= 11 is 0. The van der Waals surface area contributed by atoms with Crippen molar-refractivity contribution in [3.8, 4) is 0 Å². The first-order valence-corrected chi connectivity index (χ1v) is 7.43. The molecule has 3 rings (SSSR count). The van der Waals surface area contributed by atoms with Gasteiger partial charge in [-0.1, -0.05) is 42.5 Å². The van der Waals surface area contributed by atoms with Gasteiger partial charge in [0.15, 0.2) is 0 Å². The molecule has 0 N–H and O–H groups in total. The van der Waals surface area contributed by atoms with Gasteiger partial charge in [-0.15, -0.1) is 0 Å². The molecule has 2 heteroatoms. The minimum absolute atomic E-state index is 1.09. The summed E-state index contributed by atoms with van der Waals surface area (Å²) < 4.78 is 0. The summed E-state index contributed by atoms with van der Waals surface area (Å²) in [6, 6.07) is 19.5. The van der Waals surface area contributed by atoms with Crippen molar-refractivity contribution >= 4 is 11.4 Å². The Kier molecular flexibility index (Phi) is 3.91. The number of anilines is 2. The maximum absolute atomic E-state index is 2.53. The maximum atomic E-state index is 2.53. The highest BCUT2D eigenvalue weighted by Crippen LogP contribution is 2.31. The van der Waals surface area contributed by atoms with E-state index in [9.17, 15) is 0 Å². The van der Waals surface area contributed by atoms with Crippen molar-refractivity contribution in [2.45, 2.75) is 12.8 Å². The third-order valence-corrected chi connectivity index (χ3v) is 4.07. The van der Waals surface area contributed by atoms with Gasteiger partial charge in [0.25, 0.3) is 0 Å². The van der Waals surface area contributed by atoms with Crippen molar-refractivity contribution < 1.29 is 0 Å². The van der Waals surface area contributed by atoms with E-state index in [4.69, 9.17) is 0 Å². The van der Waals surface area contributed by atoms with Crippen molar-refractivity contribution in [1.82, 2.24) is 0 Å². The molecule has 1 aliphatic rings. The molecule has 0 bridgehead atoms. The summed E-state index contributed by atoms with van der Waals surface area (Å²) in [6.07, 6.45) is 2.33. The second-order valence-electron chi connectivity index (χ2n) is 5.49. The normalized spacial score (nSPS) is 14.8. The lowest BCUT2D eigenvalue weighted by Crippen LogP contribution is -2.26. The van der Waals surface area contributed by atoms with Gasteiger partial charge in [-0.25, -0.2) is 0 Å². The highest BCUT2D eigenvalue weighted by Gasteiger charge is 2.17. The minimum Gasteiger partial charge on any atom is -0.373 e. The van der Waals surface area contributed by atoms with Gasteiger partial charge in [-0.2, -0.15) is 0 Å². The van der Waals surface area contributed by atoms with Crippen LogP contribution in [-0.2, 0) is 6.42 Å². The zero-order chi connectivity index (χ0) is 13.8. The lowest BCUT2D eigenvalue weighted by molar-refractivity contribution is 0.736. The second kappa shape index (κ2) is 6.00. The molecule has 0 aromatic heterocycles. The van der Waals surface area contributed by atoms with E-state index in [0.29, 0.717) is 0 Å². The van der Waals surface area contributed by atoms with Gasteiger partial charge in [0.1, 0.15) is 0 Å². The molecule has 0 amide bonds. The Labute approximate surface area is 121 Å². The summed E-state index contributed by atoms with van der Waals surface area (Å²) in [4.78, 5) is 4.91. The third-order valence-electron chi connectivity index (χ3n) is 4.07. The van der Waals surface area contributed by atoms with Crippen LogP contribution in [0.4, 0.5) is 11.4 Å². The molecule has 2 aromatic rings.